The number of rotatable bonds is 3. The Hall–Kier alpha value is -1.55. The van der Waals surface area contributed by atoms with Gasteiger partial charge < -0.3 is 10.6 Å². The Morgan fingerprint density at radius 3 is 3.00 bits per heavy atom. The van der Waals surface area contributed by atoms with Gasteiger partial charge >= 0.3 is 0 Å². The van der Waals surface area contributed by atoms with Crippen LogP contribution in [0, 0.1) is 0 Å². The lowest BCUT2D eigenvalue weighted by molar-refractivity contribution is 0.923. The average molecular weight is 219 g/mol. The van der Waals surface area contributed by atoms with Crippen LogP contribution in [-0.4, -0.2) is 12.0 Å². The monoisotopic (exact) mass is 219 g/mol. The summed E-state index contributed by atoms with van der Waals surface area (Å²) < 4.78 is 0. The van der Waals surface area contributed by atoms with Crippen molar-refractivity contribution in [1.82, 2.24) is 4.98 Å². The van der Waals surface area contributed by atoms with Crippen molar-refractivity contribution in [3.8, 4) is 0 Å². The highest BCUT2D eigenvalue weighted by atomic mass is 32.1. The SMILES string of the molecule is CN(Cc1ccsc1)c1cncc(N)c1. The smallest absolute Gasteiger partial charge is 0.0573 e. The van der Waals surface area contributed by atoms with Gasteiger partial charge in [-0.25, -0.2) is 0 Å². The summed E-state index contributed by atoms with van der Waals surface area (Å²) >= 11 is 1.71. The lowest BCUT2D eigenvalue weighted by Crippen LogP contribution is -2.16. The number of thiophene rings is 1. The molecule has 78 valence electrons. The van der Waals surface area contributed by atoms with Crippen LogP contribution in [0.3, 0.4) is 0 Å². The Kier molecular flexibility index (Phi) is 2.87. The number of aromatic nitrogens is 1. The average Bonchev–Trinajstić information content (AvgIpc) is 2.70. The fourth-order valence-corrected chi connectivity index (χ4v) is 2.06. The van der Waals surface area contributed by atoms with Crippen molar-refractivity contribution in [2.45, 2.75) is 6.54 Å². The van der Waals surface area contributed by atoms with Gasteiger partial charge in [0, 0.05) is 19.8 Å². The van der Waals surface area contributed by atoms with E-state index in [2.05, 4.69) is 26.7 Å². The summed E-state index contributed by atoms with van der Waals surface area (Å²) in [4.78, 5) is 6.20. The van der Waals surface area contributed by atoms with Gasteiger partial charge in [-0.1, -0.05) is 0 Å². The zero-order chi connectivity index (χ0) is 10.7. The maximum atomic E-state index is 5.68. The fourth-order valence-electron chi connectivity index (χ4n) is 1.40. The Morgan fingerprint density at radius 2 is 2.33 bits per heavy atom. The first-order valence-corrected chi connectivity index (χ1v) is 5.63. The van der Waals surface area contributed by atoms with E-state index in [0.717, 1.165) is 12.2 Å². The molecular formula is C11H13N3S. The third kappa shape index (κ3) is 2.47. The molecule has 0 aliphatic carbocycles. The van der Waals surface area contributed by atoms with E-state index in [1.807, 2.05) is 19.3 Å². The van der Waals surface area contributed by atoms with Gasteiger partial charge in [-0.15, -0.1) is 0 Å². The van der Waals surface area contributed by atoms with Crippen LogP contribution in [0.1, 0.15) is 5.56 Å². The van der Waals surface area contributed by atoms with E-state index in [4.69, 9.17) is 5.73 Å². The summed E-state index contributed by atoms with van der Waals surface area (Å²) in [5.41, 5.74) is 8.73. The van der Waals surface area contributed by atoms with Crippen molar-refractivity contribution in [3.63, 3.8) is 0 Å². The molecule has 15 heavy (non-hydrogen) atoms. The summed E-state index contributed by atoms with van der Waals surface area (Å²) in [6.45, 7) is 0.884. The van der Waals surface area contributed by atoms with Crippen LogP contribution in [0.25, 0.3) is 0 Å². The van der Waals surface area contributed by atoms with Gasteiger partial charge in [0.15, 0.2) is 0 Å². The number of hydrogen-bond acceptors (Lipinski definition) is 4. The third-order valence-corrected chi connectivity index (χ3v) is 2.92. The fraction of sp³-hybridized carbons (Fsp3) is 0.182. The first-order chi connectivity index (χ1) is 7.25. The molecule has 0 radical (unpaired) electrons. The predicted octanol–water partition coefficient (Wildman–Crippen LogP) is 2.36. The molecule has 0 aromatic carbocycles. The summed E-state index contributed by atoms with van der Waals surface area (Å²) in [7, 11) is 2.04. The van der Waals surface area contributed by atoms with Crippen molar-refractivity contribution in [1.29, 1.82) is 0 Å². The molecule has 2 rings (SSSR count). The number of nitrogen functional groups attached to an aromatic ring is 1. The maximum absolute atomic E-state index is 5.68. The van der Waals surface area contributed by atoms with Crippen LogP contribution in [-0.2, 0) is 6.54 Å². The van der Waals surface area contributed by atoms with E-state index in [1.54, 1.807) is 17.5 Å². The molecule has 0 fully saturated rings. The molecule has 3 nitrogen and oxygen atoms in total. The number of anilines is 2. The molecule has 0 bridgehead atoms. The Labute approximate surface area is 93.2 Å². The van der Waals surface area contributed by atoms with E-state index < -0.39 is 0 Å². The van der Waals surface area contributed by atoms with Gasteiger partial charge in [0.05, 0.1) is 17.6 Å². The number of pyridine rings is 1. The van der Waals surface area contributed by atoms with Crippen LogP contribution < -0.4 is 10.6 Å². The summed E-state index contributed by atoms with van der Waals surface area (Å²) in [6.07, 6.45) is 3.48. The lowest BCUT2D eigenvalue weighted by atomic mass is 10.3. The molecule has 0 spiro atoms. The molecule has 4 heteroatoms. The van der Waals surface area contributed by atoms with Crippen molar-refractivity contribution < 1.29 is 0 Å². The number of nitrogens with zero attached hydrogens (tertiary/aromatic N) is 2. The van der Waals surface area contributed by atoms with Crippen molar-refractivity contribution in [3.05, 3.63) is 40.8 Å². The van der Waals surface area contributed by atoms with Crippen LogP contribution in [0.15, 0.2) is 35.3 Å². The highest BCUT2D eigenvalue weighted by molar-refractivity contribution is 7.07. The quantitative estimate of drug-likeness (QED) is 0.861. The predicted molar refractivity (Wildman–Crippen MR) is 65.1 cm³/mol. The van der Waals surface area contributed by atoms with Gasteiger partial charge in [0.2, 0.25) is 0 Å². The molecule has 0 unspecified atom stereocenters. The molecule has 0 saturated carbocycles. The molecular weight excluding hydrogens is 206 g/mol. The Bertz CT molecular complexity index is 425. The highest BCUT2D eigenvalue weighted by Crippen LogP contribution is 2.17. The van der Waals surface area contributed by atoms with Crippen LogP contribution >= 0.6 is 11.3 Å². The van der Waals surface area contributed by atoms with E-state index in [9.17, 15) is 0 Å². The zero-order valence-corrected chi connectivity index (χ0v) is 9.37. The van der Waals surface area contributed by atoms with Gasteiger partial charge in [0.1, 0.15) is 0 Å². The topological polar surface area (TPSA) is 42.2 Å². The molecule has 0 aliphatic rings. The van der Waals surface area contributed by atoms with E-state index >= 15 is 0 Å². The largest absolute Gasteiger partial charge is 0.397 e. The zero-order valence-electron chi connectivity index (χ0n) is 8.55. The standard InChI is InChI=1S/C11H13N3S/c1-14(7-9-2-3-15-8-9)11-4-10(12)5-13-6-11/h2-6,8H,7,12H2,1H3. The van der Waals surface area contributed by atoms with Crippen molar-refractivity contribution >= 4 is 22.7 Å². The first-order valence-electron chi connectivity index (χ1n) is 4.68. The van der Waals surface area contributed by atoms with E-state index in [-0.39, 0.29) is 0 Å². The minimum absolute atomic E-state index is 0.699. The van der Waals surface area contributed by atoms with Crippen LogP contribution in [0.5, 0.6) is 0 Å². The normalized spacial score (nSPS) is 10.2. The van der Waals surface area contributed by atoms with Crippen LogP contribution in [0.2, 0.25) is 0 Å². The summed E-state index contributed by atoms with van der Waals surface area (Å²) in [5.74, 6) is 0. The highest BCUT2D eigenvalue weighted by Gasteiger charge is 2.02. The van der Waals surface area contributed by atoms with Gasteiger partial charge in [0.25, 0.3) is 0 Å². The molecule has 0 saturated heterocycles. The molecule has 0 aliphatic heterocycles. The van der Waals surface area contributed by atoms with Gasteiger partial charge in [-0.05, 0) is 28.5 Å². The van der Waals surface area contributed by atoms with Crippen molar-refractivity contribution in [2.24, 2.45) is 0 Å². The second kappa shape index (κ2) is 4.31. The minimum Gasteiger partial charge on any atom is -0.397 e. The van der Waals surface area contributed by atoms with Crippen molar-refractivity contribution in [2.75, 3.05) is 17.7 Å². The van der Waals surface area contributed by atoms with E-state index in [0.29, 0.717) is 5.69 Å². The second-order valence-corrected chi connectivity index (χ2v) is 4.24. The third-order valence-electron chi connectivity index (χ3n) is 2.19. The van der Waals surface area contributed by atoms with Crippen LogP contribution in [0.4, 0.5) is 11.4 Å². The molecule has 2 heterocycles. The van der Waals surface area contributed by atoms with Gasteiger partial charge in [-0.3, -0.25) is 4.98 Å². The van der Waals surface area contributed by atoms with E-state index in [1.165, 1.54) is 5.56 Å². The minimum atomic E-state index is 0.699. The molecule has 0 atom stereocenters. The number of hydrogen-bond donors (Lipinski definition) is 1. The summed E-state index contributed by atoms with van der Waals surface area (Å²) in [6, 6.07) is 4.06. The Balaban J connectivity index is 2.11. The summed E-state index contributed by atoms with van der Waals surface area (Å²) in [5, 5.41) is 4.23. The maximum Gasteiger partial charge on any atom is 0.0573 e. The number of nitrogens with two attached hydrogens (primary N) is 1. The molecule has 2 aromatic rings. The van der Waals surface area contributed by atoms with Gasteiger partial charge in [-0.2, -0.15) is 11.3 Å². The molecule has 2 N–H and O–H groups in total. The Morgan fingerprint density at radius 1 is 1.47 bits per heavy atom. The first kappa shape index (κ1) is 9.98. The molecule has 0 amide bonds. The second-order valence-electron chi connectivity index (χ2n) is 3.46. The lowest BCUT2D eigenvalue weighted by Gasteiger charge is -2.18. The molecule has 2 aromatic heterocycles.